The van der Waals surface area contributed by atoms with Gasteiger partial charge in [-0.3, -0.25) is 14.9 Å². The largest absolute Gasteiger partial charge is 0.454 e. The highest BCUT2D eigenvalue weighted by atomic mass is 16.6. The fourth-order valence-electron chi connectivity index (χ4n) is 3.91. The van der Waals surface area contributed by atoms with Crippen molar-refractivity contribution in [3.05, 3.63) is 69.4 Å². The van der Waals surface area contributed by atoms with Crippen LogP contribution in [0.4, 0.5) is 11.4 Å². The molecule has 2 heterocycles. The first-order valence-electron chi connectivity index (χ1n) is 10.4. The second kappa shape index (κ2) is 9.19. The maximum absolute atomic E-state index is 12.9. The van der Waals surface area contributed by atoms with Crippen LogP contribution in [0.15, 0.2) is 42.6 Å². The lowest BCUT2D eigenvalue weighted by Crippen LogP contribution is -2.37. The Hall–Kier alpha value is -3.72. The number of H-pyrrole nitrogens is 1. The molecule has 0 radical (unpaired) electrons. The Balaban J connectivity index is 1.55. The van der Waals surface area contributed by atoms with Gasteiger partial charge in [0.05, 0.1) is 29.4 Å². The molecule has 0 bridgehead atoms. The summed E-state index contributed by atoms with van der Waals surface area (Å²) in [6.07, 6.45) is 2.43. The number of hydrogen-bond donors (Lipinski definition) is 1. The molecule has 0 atom stereocenters. The van der Waals surface area contributed by atoms with E-state index in [1.165, 1.54) is 18.2 Å². The molecule has 1 fully saturated rings. The van der Waals surface area contributed by atoms with E-state index in [-0.39, 0.29) is 17.0 Å². The molecule has 4 rings (SSSR count). The van der Waals surface area contributed by atoms with Gasteiger partial charge in [-0.25, -0.2) is 4.79 Å². The SMILES string of the molecule is CCc1cccc2c(C(=O)COC(=O)c3cc([N+](=O)[O-])ccc3N3CCOCC3)c[nH]c12. The Bertz CT molecular complexity index is 1180. The van der Waals surface area contributed by atoms with Crippen molar-refractivity contribution >= 4 is 34.0 Å². The van der Waals surface area contributed by atoms with Gasteiger partial charge in [-0.05, 0) is 18.1 Å². The Morgan fingerprint density at radius 3 is 2.69 bits per heavy atom. The Morgan fingerprint density at radius 2 is 1.97 bits per heavy atom. The predicted molar refractivity (Wildman–Crippen MR) is 118 cm³/mol. The summed E-state index contributed by atoms with van der Waals surface area (Å²) in [4.78, 5) is 41.3. The fraction of sp³-hybridized carbons (Fsp3) is 0.304. The van der Waals surface area contributed by atoms with Gasteiger partial charge in [-0.2, -0.15) is 0 Å². The van der Waals surface area contributed by atoms with Crippen LogP contribution in [0.25, 0.3) is 10.9 Å². The molecule has 0 saturated carbocycles. The van der Waals surface area contributed by atoms with E-state index in [4.69, 9.17) is 9.47 Å². The topological polar surface area (TPSA) is 115 Å². The third kappa shape index (κ3) is 4.19. The number of carbonyl (C=O) groups is 2. The van der Waals surface area contributed by atoms with Crippen LogP contribution in [0.1, 0.15) is 33.2 Å². The molecular formula is C23H23N3O6. The second-order valence-electron chi connectivity index (χ2n) is 7.45. The number of nitro benzene ring substituents is 1. The first-order chi connectivity index (χ1) is 15.5. The number of aryl methyl sites for hydroxylation is 1. The number of ketones is 1. The van der Waals surface area contributed by atoms with Gasteiger partial charge < -0.3 is 19.4 Å². The lowest BCUT2D eigenvalue weighted by Gasteiger charge is -2.30. The number of aromatic amines is 1. The van der Waals surface area contributed by atoms with Crippen molar-refractivity contribution in [1.29, 1.82) is 0 Å². The lowest BCUT2D eigenvalue weighted by molar-refractivity contribution is -0.384. The van der Waals surface area contributed by atoms with Crippen LogP contribution in [0, 0.1) is 10.1 Å². The zero-order valence-electron chi connectivity index (χ0n) is 17.6. The van der Waals surface area contributed by atoms with E-state index in [1.807, 2.05) is 30.0 Å². The van der Waals surface area contributed by atoms with Gasteiger partial charge in [0.25, 0.3) is 5.69 Å². The molecule has 32 heavy (non-hydrogen) atoms. The normalized spacial score (nSPS) is 13.8. The van der Waals surface area contributed by atoms with Gasteiger partial charge in [0, 0.05) is 47.9 Å². The number of hydrogen-bond acceptors (Lipinski definition) is 7. The summed E-state index contributed by atoms with van der Waals surface area (Å²) in [6, 6.07) is 9.80. The van der Waals surface area contributed by atoms with Crippen molar-refractivity contribution in [1.82, 2.24) is 4.98 Å². The van der Waals surface area contributed by atoms with Crippen molar-refractivity contribution in [2.24, 2.45) is 0 Å². The number of aromatic nitrogens is 1. The number of morpholine rings is 1. The summed E-state index contributed by atoms with van der Waals surface area (Å²) in [5, 5.41) is 12.0. The van der Waals surface area contributed by atoms with Crippen LogP contribution < -0.4 is 4.90 Å². The number of benzene rings is 2. The average Bonchev–Trinajstić information content (AvgIpc) is 3.27. The number of carbonyl (C=O) groups excluding carboxylic acids is 2. The number of nitrogens with one attached hydrogen (secondary N) is 1. The molecule has 1 aromatic heterocycles. The van der Waals surface area contributed by atoms with E-state index in [2.05, 4.69) is 4.98 Å². The molecule has 1 aliphatic heterocycles. The highest BCUT2D eigenvalue weighted by molar-refractivity contribution is 6.10. The van der Waals surface area contributed by atoms with Crippen LogP contribution in [-0.4, -0.2) is 54.6 Å². The van der Waals surface area contributed by atoms with Gasteiger partial charge in [0.15, 0.2) is 6.61 Å². The molecule has 3 aromatic rings. The number of nitro groups is 1. The Kier molecular flexibility index (Phi) is 6.18. The molecule has 0 unspecified atom stereocenters. The number of para-hydroxylation sites is 1. The minimum atomic E-state index is -0.780. The van der Waals surface area contributed by atoms with Gasteiger partial charge in [-0.15, -0.1) is 0 Å². The average molecular weight is 437 g/mol. The van der Waals surface area contributed by atoms with Crippen molar-refractivity contribution < 1.29 is 24.0 Å². The molecule has 2 aromatic carbocycles. The molecule has 9 heteroatoms. The van der Waals surface area contributed by atoms with Crippen LogP contribution in [0.5, 0.6) is 0 Å². The van der Waals surface area contributed by atoms with Crippen molar-refractivity contribution in [2.45, 2.75) is 13.3 Å². The summed E-state index contributed by atoms with van der Waals surface area (Å²) >= 11 is 0. The summed E-state index contributed by atoms with van der Waals surface area (Å²) in [7, 11) is 0. The highest BCUT2D eigenvalue weighted by Gasteiger charge is 2.24. The number of anilines is 1. The van der Waals surface area contributed by atoms with Gasteiger partial charge in [-0.1, -0.05) is 25.1 Å². The van der Waals surface area contributed by atoms with Crippen LogP contribution in [-0.2, 0) is 15.9 Å². The number of non-ortho nitro benzene ring substituents is 1. The molecular weight excluding hydrogens is 414 g/mol. The molecule has 1 saturated heterocycles. The maximum atomic E-state index is 12.9. The number of Topliss-reactive ketones (excluding diaryl/α,β-unsaturated/α-hetero) is 1. The molecule has 1 N–H and O–H groups in total. The van der Waals surface area contributed by atoms with Gasteiger partial charge in [0.1, 0.15) is 0 Å². The van der Waals surface area contributed by atoms with E-state index in [9.17, 15) is 19.7 Å². The number of esters is 1. The van der Waals surface area contributed by atoms with Crippen LogP contribution in [0.3, 0.4) is 0 Å². The predicted octanol–water partition coefficient (Wildman–Crippen LogP) is 3.51. The zero-order valence-corrected chi connectivity index (χ0v) is 17.6. The Labute approximate surface area is 184 Å². The molecule has 0 aliphatic carbocycles. The van der Waals surface area contributed by atoms with E-state index >= 15 is 0 Å². The number of rotatable bonds is 7. The first kappa shape index (κ1) is 21.5. The van der Waals surface area contributed by atoms with E-state index in [0.717, 1.165) is 22.9 Å². The third-order valence-electron chi connectivity index (χ3n) is 5.58. The summed E-state index contributed by atoms with van der Waals surface area (Å²) < 4.78 is 10.6. The fourth-order valence-corrected chi connectivity index (χ4v) is 3.91. The highest BCUT2D eigenvalue weighted by Crippen LogP contribution is 2.28. The molecule has 166 valence electrons. The van der Waals surface area contributed by atoms with E-state index in [1.54, 1.807) is 6.20 Å². The van der Waals surface area contributed by atoms with Gasteiger partial charge in [0.2, 0.25) is 5.78 Å². The van der Waals surface area contributed by atoms with Crippen LogP contribution in [0.2, 0.25) is 0 Å². The smallest absolute Gasteiger partial charge is 0.340 e. The monoisotopic (exact) mass is 437 g/mol. The zero-order chi connectivity index (χ0) is 22.7. The van der Waals surface area contributed by atoms with E-state index < -0.39 is 17.5 Å². The second-order valence-corrected chi connectivity index (χ2v) is 7.45. The lowest BCUT2D eigenvalue weighted by atomic mass is 10.1. The quantitative estimate of drug-likeness (QED) is 0.260. The minimum Gasteiger partial charge on any atom is -0.454 e. The summed E-state index contributed by atoms with van der Waals surface area (Å²) in [5.41, 5.74) is 2.78. The van der Waals surface area contributed by atoms with Crippen molar-refractivity contribution in [2.75, 3.05) is 37.8 Å². The molecule has 1 aliphatic rings. The van der Waals surface area contributed by atoms with Crippen LogP contribution >= 0.6 is 0 Å². The summed E-state index contributed by atoms with van der Waals surface area (Å²) in [5.74, 6) is -1.13. The molecule has 0 amide bonds. The van der Waals surface area contributed by atoms with E-state index in [0.29, 0.717) is 37.6 Å². The van der Waals surface area contributed by atoms with Gasteiger partial charge >= 0.3 is 5.97 Å². The molecule has 9 nitrogen and oxygen atoms in total. The maximum Gasteiger partial charge on any atom is 0.340 e. The van der Waals surface area contributed by atoms with Crippen molar-refractivity contribution in [3.63, 3.8) is 0 Å². The first-order valence-corrected chi connectivity index (χ1v) is 10.4. The van der Waals surface area contributed by atoms with Crippen molar-refractivity contribution in [3.8, 4) is 0 Å². The minimum absolute atomic E-state index is 0.0566. The summed E-state index contributed by atoms with van der Waals surface area (Å²) in [6.45, 7) is 3.64. The Morgan fingerprint density at radius 1 is 1.19 bits per heavy atom. The third-order valence-corrected chi connectivity index (χ3v) is 5.58. The number of ether oxygens (including phenoxy) is 2. The standard InChI is InChI=1S/C23H23N3O6/c1-2-15-4-3-5-17-19(13-24-22(15)17)21(27)14-32-23(28)18-12-16(26(29)30)6-7-20(18)25-8-10-31-11-9-25/h3-7,12-13,24H,2,8-11,14H2,1H3. The number of fused-ring (bicyclic) bond motifs is 1. The number of nitrogens with zero attached hydrogens (tertiary/aromatic N) is 2. The molecule has 0 spiro atoms.